The highest BCUT2D eigenvalue weighted by Gasteiger charge is 2.34. The number of rotatable bonds is 3. The van der Waals surface area contributed by atoms with E-state index in [1.54, 1.807) is 0 Å². The number of carbonyl (C=O) groups is 1. The number of likely N-dealkylation sites (tertiary alicyclic amines) is 1. The fourth-order valence-corrected chi connectivity index (χ4v) is 3.47. The first-order chi connectivity index (χ1) is 13.7. The van der Waals surface area contributed by atoms with Gasteiger partial charge in [-0.2, -0.15) is 18.3 Å². The normalized spacial score (nSPS) is 15.9. The van der Waals surface area contributed by atoms with Gasteiger partial charge in [0.05, 0.1) is 18.0 Å². The Morgan fingerprint density at radius 3 is 2.66 bits per heavy atom. The summed E-state index contributed by atoms with van der Waals surface area (Å²) in [6.07, 6.45) is -0.804. The number of nitrogens with zero attached hydrogens (tertiary/aromatic N) is 5. The molecule has 0 saturated carbocycles. The van der Waals surface area contributed by atoms with Gasteiger partial charge in [-0.3, -0.25) is 14.6 Å². The second-order valence-corrected chi connectivity index (χ2v) is 6.99. The summed E-state index contributed by atoms with van der Waals surface area (Å²) >= 11 is 0. The third kappa shape index (κ3) is 4.00. The minimum Gasteiger partial charge on any atom is -0.339 e. The van der Waals surface area contributed by atoms with Gasteiger partial charge in [-0.1, -0.05) is 0 Å². The molecule has 0 bridgehead atoms. The van der Waals surface area contributed by atoms with Crippen LogP contribution in [-0.4, -0.2) is 54.5 Å². The van der Waals surface area contributed by atoms with Gasteiger partial charge in [-0.05, 0) is 18.8 Å². The van der Waals surface area contributed by atoms with E-state index >= 15 is 0 Å². The maximum Gasteiger partial charge on any atom is 0.389 e. The van der Waals surface area contributed by atoms with Crippen molar-refractivity contribution in [1.82, 2.24) is 29.3 Å². The first-order valence-electron chi connectivity index (χ1n) is 8.89. The Bertz CT molecular complexity index is 1110. The number of carbonyl (C=O) groups excluding carboxylic acids is 1. The molecule has 1 fully saturated rings. The van der Waals surface area contributed by atoms with Gasteiger partial charge in [-0.25, -0.2) is 13.6 Å². The van der Waals surface area contributed by atoms with Crippen molar-refractivity contribution in [1.29, 1.82) is 0 Å². The quantitative estimate of drug-likeness (QED) is 0.668. The molecule has 29 heavy (non-hydrogen) atoms. The lowest BCUT2D eigenvalue weighted by atomic mass is 9.93. The molecule has 0 atom stereocenters. The van der Waals surface area contributed by atoms with Crippen molar-refractivity contribution in [2.24, 2.45) is 5.92 Å². The van der Waals surface area contributed by atoms with E-state index in [1.165, 1.54) is 22.0 Å². The minimum atomic E-state index is -4.20. The molecule has 1 saturated heterocycles. The lowest BCUT2D eigenvalue weighted by molar-refractivity contribution is -0.147. The number of amides is 1. The zero-order chi connectivity index (χ0) is 20.8. The molecule has 1 aliphatic heterocycles. The zero-order valence-corrected chi connectivity index (χ0v) is 15.0. The molecule has 0 aromatic carbocycles. The maximum atomic E-state index is 13.3. The molecule has 154 valence electrons. The molecule has 4 rings (SSSR count). The van der Waals surface area contributed by atoms with Crippen LogP contribution in [0.15, 0.2) is 29.5 Å². The molecular formula is C17H16F4N6O2. The second kappa shape index (κ2) is 7.01. The van der Waals surface area contributed by atoms with E-state index in [2.05, 4.69) is 15.2 Å². The molecule has 0 radical (unpaired) electrons. The van der Waals surface area contributed by atoms with Crippen LogP contribution in [0.25, 0.3) is 11.5 Å². The van der Waals surface area contributed by atoms with E-state index < -0.39 is 29.9 Å². The monoisotopic (exact) mass is 412 g/mol. The highest BCUT2D eigenvalue weighted by atomic mass is 19.4. The molecule has 0 spiro atoms. The van der Waals surface area contributed by atoms with Gasteiger partial charge in [0, 0.05) is 31.8 Å². The highest BCUT2D eigenvalue weighted by Crippen LogP contribution is 2.31. The summed E-state index contributed by atoms with van der Waals surface area (Å²) in [4.78, 5) is 28.6. The molecule has 3 aromatic rings. The Morgan fingerprint density at radius 1 is 1.24 bits per heavy atom. The third-order valence-electron chi connectivity index (χ3n) is 4.90. The van der Waals surface area contributed by atoms with Gasteiger partial charge in [0.25, 0.3) is 11.5 Å². The predicted molar refractivity (Wildman–Crippen MR) is 92.2 cm³/mol. The van der Waals surface area contributed by atoms with Gasteiger partial charge >= 0.3 is 6.18 Å². The molecule has 8 nitrogen and oxygen atoms in total. The van der Waals surface area contributed by atoms with Crippen molar-refractivity contribution in [3.8, 4) is 5.95 Å². The number of fused-ring (bicyclic) bond motifs is 1. The Balaban J connectivity index is 1.48. The molecule has 3 aromatic heterocycles. The summed E-state index contributed by atoms with van der Waals surface area (Å²) in [6.45, 7) is 0.461. The van der Waals surface area contributed by atoms with Crippen molar-refractivity contribution in [2.45, 2.75) is 25.4 Å². The zero-order valence-electron chi connectivity index (χ0n) is 15.0. The number of H-pyrrole nitrogens is 1. The van der Waals surface area contributed by atoms with Crippen molar-refractivity contribution < 1.29 is 22.4 Å². The standard InChI is InChI=1S/C17H16F4N6O2/c18-12-5-13-14(28)23-16(24-26(13)9-12)27-8-11(7-22-27)15(29)25-3-1-10(2-4-25)6-17(19,20)21/h5,7-10H,1-4,6H2,(H,23,24,28). The van der Waals surface area contributed by atoms with Crippen molar-refractivity contribution in [3.05, 3.63) is 46.4 Å². The molecular weight excluding hydrogens is 396 g/mol. The largest absolute Gasteiger partial charge is 0.389 e. The summed E-state index contributed by atoms with van der Waals surface area (Å²) in [7, 11) is 0. The number of alkyl halides is 3. The van der Waals surface area contributed by atoms with Crippen molar-refractivity contribution in [2.75, 3.05) is 13.1 Å². The predicted octanol–water partition coefficient (Wildman–Crippen LogP) is 2.15. The van der Waals surface area contributed by atoms with Gasteiger partial charge in [0.15, 0.2) is 0 Å². The van der Waals surface area contributed by atoms with E-state index in [-0.39, 0.29) is 48.9 Å². The molecule has 4 heterocycles. The Kier molecular flexibility index (Phi) is 4.63. The number of piperidine rings is 1. The lowest BCUT2D eigenvalue weighted by Gasteiger charge is -2.32. The van der Waals surface area contributed by atoms with E-state index in [1.807, 2.05) is 0 Å². The second-order valence-electron chi connectivity index (χ2n) is 6.99. The first-order valence-corrected chi connectivity index (χ1v) is 8.89. The minimum absolute atomic E-state index is 0.0129. The van der Waals surface area contributed by atoms with Crippen LogP contribution in [0.1, 0.15) is 29.6 Å². The topological polar surface area (TPSA) is 88.3 Å². The molecule has 0 unspecified atom stereocenters. The first kappa shape index (κ1) is 19.2. The fourth-order valence-electron chi connectivity index (χ4n) is 3.47. The number of aromatic nitrogens is 5. The number of halogens is 4. The molecule has 0 aliphatic carbocycles. The van der Waals surface area contributed by atoms with Crippen molar-refractivity contribution in [3.63, 3.8) is 0 Å². The van der Waals surface area contributed by atoms with Gasteiger partial charge < -0.3 is 4.90 Å². The SMILES string of the molecule is O=C(c1cnn(-c2nn3cc(F)cc3c(=O)[nH]2)c1)N1CCC(CC(F)(F)F)CC1. The van der Waals surface area contributed by atoms with Crippen molar-refractivity contribution >= 4 is 11.4 Å². The number of hydrogen-bond donors (Lipinski definition) is 1. The van der Waals surface area contributed by atoms with Gasteiger partial charge in [-0.15, -0.1) is 5.10 Å². The van der Waals surface area contributed by atoms with E-state index in [9.17, 15) is 27.2 Å². The van der Waals surface area contributed by atoms with Crippen LogP contribution in [0.2, 0.25) is 0 Å². The van der Waals surface area contributed by atoms with E-state index in [0.29, 0.717) is 0 Å². The molecule has 12 heteroatoms. The van der Waals surface area contributed by atoms with Crippen LogP contribution in [0.5, 0.6) is 0 Å². The van der Waals surface area contributed by atoms with Crippen LogP contribution in [0.4, 0.5) is 17.6 Å². The highest BCUT2D eigenvalue weighted by molar-refractivity contribution is 5.93. The Labute approximate surface area is 160 Å². The number of aromatic amines is 1. The van der Waals surface area contributed by atoms with Crippen LogP contribution >= 0.6 is 0 Å². The van der Waals surface area contributed by atoms with Crippen LogP contribution in [-0.2, 0) is 0 Å². The van der Waals surface area contributed by atoms with Gasteiger partial charge in [0.2, 0.25) is 5.95 Å². The average molecular weight is 412 g/mol. The Hall–Kier alpha value is -3.18. The Morgan fingerprint density at radius 2 is 1.97 bits per heavy atom. The summed E-state index contributed by atoms with van der Waals surface area (Å²) < 4.78 is 53.1. The molecule has 1 N–H and O–H groups in total. The maximum absolute atomic E-state index is 13.3. The molecule has 1 amide bonds. The summed E-state index contributed by atoms with van der Waals surface area (Å²) in [5, 5.41) is 8.05. The average Bonchev–Trinajstić information content (AvgIpc) is 3.27. The van der Waals surface area contributed by atoms with Crippen LogP contribution in [0.3, 0.4) is 0 Å². The third-order valence-corrected chi connectivity index (χ3v) is 4.90. The fraction of sp³-hybridized carbons (Fsp3) is 0.412. The number of nitrogens with one attached hydrogen (secondary N) is 1. The van der Waals surface area contributed by atoms with Gasteiger partial charge in [0.1, 0.15) is 11.3 Å². The van der Waals surface area contributed by atoms with E-state index in [0.717, 1.165) is 16.8 Å². The number of hydrogen-bond acceptors (Lipinski definition) is 4. The van der Waals surface area contributed by atoms with Crippen LogP contribution < -0.4 is 5.56 Å². The summed E-state index contributed by atoms with van der Waals surface area (Å²) in [5.74, 6) is -1.48. The van der Waals surface area contributed by atoms with E-state index in [4.69, 9.17) is 0 Å². The molecule has 1 aliphatic rings. The summed E-state index contributed by atoms with van der Waals surface area (Å²) in [6, 6.07) is 1.04. The lowest BCUT2D eigenvalue weighted by Crippen LogP contribution is -2.39. The summed E-state index contributed by atoms with van der Waals surface area (Å²) in [5.41, 5.74) is -0.342. The smallest absolute Gasteiger partial charge is 0.339 e. The van der Waals surface area contributed by atoms with Crippen LogP contribution in [0, 0.1) is 11.7 Å².